The van der Waals surface area contributed by atoms with Gasteiger partial charge in [0.25, 0.3) is 0 Å². The molecule has 0 bridgehead atoms. The zero-order valence-corrected chi connectivity index (χ0v) is 7.07. The second-order valence-corrected chi connectivity index (χ2v) is 2.98. The van der Waals surface area contributed by atoms with Gasteiger partial charge in [-0.05, 0) is 36.0 Å². The zero-order chi connectivity index (χ0) is 7.56. The monoisotopic (exact) mass is 153 g/mol. The Kier molecular flexibility index (Phi) is 2.22. The van der Waals surface area contributed by atoms with Crippen LogP contribution < -0.4 is 0 Å². The number of H-pyrrole nitrogens is 1. The van der Waals surface area contributed by atoms with Crippen molar-refractivity contribution in [2.45, 2.75) is 13.8 Å². The molecule has 1 aromatic heterocycles. The molecular formula is C8H11NS. The molecule has 1 N–H and O–H groups in total. The lowest BCUT2D eigenvalue weighted by atomic mass is 10.1. The largest absolute Gasteiger partial charge is 0.367 e. The molecule has 0 atom stereocenters. The zero-order valence-electron chi connectivity index (χ0n) is 6.18. The van der Waals surface area contributed by atoms with Gasteiger partial charge in [0.05, 0.1) is 0 Å². The van der Waals surface area contributed by atoms with Gasteiger partial charge in [0, 0.05) is 12.4 Å². The van der Waals surface area contributed by atoms with Crippen molar-refractivity contribution in [2.24, 2.45) is 0 Å². The van der Waals surface area contributed by atoms with Gasteiger partial charge in [-0.1, -0.05) is 0 Å². The molecule has 0 aliphatic rings. The lowest BCUT2D eigenvalue weighted by molar-refractivity contribution is 1.40. The fourth-order valence-corrected chi connectivity index (χ4v) is 0.895. The number of aromatic nitrogens is 1. The van der Waals surface area contributed by atoms with Gasteiger partial charge in [0.1, 0.15) is 0 Å². The Morgan fingerprint density at radius 2 is 2.20 bits per heavy atom. The lowest BCUT2D eigenvalue weighted by Gasteiger charge is -1.97. The highest BCUT2D eigenvalue weighted by Gasteiger charge is 1.95. The average molecular weight is 153 g/mol. The summed E-state index contributed by atoms with van der Waals surface area (Å²) in [5, 5.41) is 0. The van der Waals surface area contributed by atoms with Crippen molar-refractivity contribution in [1.29, 1.82) is 0 Å². The minimum absolute atomic E-state index is 1.07. The first-order valence-corrected chi connectivity index (χ1v) is 3.66. The Bertz CT molecular complexity index is 230. The first-order valence-electron chi connectivity index (χ1n) is 3.21. The third-order valence-electron chi connectivity index (χ3n) is 1.57. The Labute approximate surface area is 66.6 Å². The predicted molar refractivity (Wildman–Crippen MR) is 48.0 cm³/mol. The van der Waals surface area contributed by atoms with Gasteiger partial charge in [-0.25, -0.2) is 0 Å². The molecule has 0 saturated heterocycles. The van der Waals surface area contributed by atoms with Crippen LogP contribution in [0.4, 0.5) is 0 Å². The van der Waals surface area contributed by atoms with Gasteiger partial charge in [-0.2, -0.15) is 0 Å². The normalized spacial score (nSPS) is 13.1. The van der Waals surface area contributed by atoms with Gasteiger partial charge in [0.15, 0.2) is 0 Å². The fraction of sp³-hybridized carbons (Fsp3) is 0.250. The maximum Gasteiger partial charge on any atom is 0.00810 e. The molecule has 1 nitrogen and oxygen atoms in total. The molecule has 0 fully saturated rings. The van der Waals surface area contributed by atoms with Crippen LogP contribution in [-0.4, -0.2) is 4.98 Å². The molecule has 10 heavy (non-hydrogen) atoms. The Balaban J connectivity index is 2.99. The maximum atomic E-state index is 4.25. The molecule has 0 unspecified atom stereocenters. The maximum absolute atomic E-state index is 4.25. The van der Waals surface area contributed by atoms with Crippen LogP contribution in [0.2, 0.25) is 0 Å². The smallest absolute Gasteiger partial charge is 0.00810 e. The molecule has 0 spiro atoms. The van der Waals surface area contributed by atoms with Gasteiger partial charge < -0.3 is 4.98 Å². The van der Waals surface area contributed by atoms with E-state index >= 15 is 0 Å². The lowest BCUT2D eigenvalue weighted by Crippen LogP contribution is -1.74. The number of aromatic amines is 1. The van der Waals surface area contributed by atoms with Crippen molar-refractivity contribution >= 4 is 18.2 Å². The third kappa shape index (κ3) is 1.45. The molecule has 0 radical (unpaired) electrons. The van der Waals surface area contributed by atoms with Crippen LogP contribution in [0, 0.1) is 0 Å². The molecular weight excluding hydrogens is 142 g/mol. The van der Waals surface area contributed by atoms with E-state index in [-0.39, 0.29) is 0 Å². The SMILES string of the molecule is C/C(S)=C(\C)c1cc[nH]c1. The highest BCUT2D eigenvalue weighted by Crippen LogP contribution is 2.18. The minimum Gasteiger partial charge on any atom is -0.367 e. The number of hydrogen-bond acceptors (Lipinski definition) is 1. The molecule has 0 saturated carbocycles. The second-order valence-electron chi connectivity index (χ2n) is 2.31. The van der Waals surface area contributed by atoms with Crippen LogP contribution in [0.15, 0.2) is 23.4 Å². The number of allylic oxidation sites excluding steroid dienone is 2. The standard InChI is InChI=1S/C8H11NS/c1-6(7(2)10)8-3-4-9-5-8/h3-5,9-10H,1-2H3/b7-6-. The summed E-state index contributed by atoms with van der Waals surface area (Å²) in [4.78, 5) is 4.07. The Morgan fingerprint density at radius 3 is 2.60 bits per heavy atom. The average Bonchev–Trinajstić information content (AvgIpc) is 2.36. The van der Waals surface area contributed by atoms with Crippen molar-refractivity contribution in [3.05, 3.63) is 28.9 Å². The quantitative estimate of drug-likeness (QED) is 0.577. The minimum atomic E-state index is 1.07. The topological polar surface area (TPSA) is 15.8 Å². The molecule has 0 aromatic carbocycles. The van der Waals surface area contributed by atoms with Gasteiger partial charge in [-0.3, -0.25) is 0 Å². The van der Waals surface area contributed by atoms with Crippen LogP contribution in [-0.2, 0) is 0 Å². The summed E-state index contributed by atoms with van der Waals surface area (Å²) in [5.41, 5.74) is 2.44. The summed E-state index contributed by atoms with van der Waals surface area (Å²) in [7, 11) is 0. The molecule has 0 aliphatic carbocycles. The van der Waals surface area contributed by atoms with Crippen LogP contribution in [0.25, 0.3) is 5.57 Å². The summed E-state index contributed by atoms with van der Waals surface area (Å²) >= 11 is 4.25. The number of rotatable bonds is 1. The molecule has 0 amide bonds. The first kappa shape index (κ1) is 7.48. The third-order valence-corrected chi connectivity index (χ3v) is 1.91. The van der Waals surface area contributed by atoms with E-state index in [2.05, 4.69) is 24.5 Å². The summed E-state index contributed by atoms with van der Waals surface area (Å²) in [5.74, 6) is 0. The Hall–Kier alpha value is -0.630. The Morgan fingerprint density at radius 1 is 1.50 bits per heavy atom. The van der Waals surface area contributed by atoms with Crippen LogP contribution in [0.3, 0.4) is 0 Å². The summed E-state index contributed by atoms with van der Waals surface area (Å²) in [6.45, 7) is 4.05. The van der Waals surface area contributed by atoms with E-state index < -0.39 is 0 Å². The van der Waals surface area contributed by atoms with Gasteiger partial charge in [-0.15, -0.1) is 12.6 Å². The van der Waals surface area contributed by atoms with E-state index in [9.17, 15) is 0 Å². The molecule has 54 valence electrons. The van der Waals surface area contributed by atoms with Crippen molar-refractivity contribution in [2.75, 3.05) is 0 Å². The van der Waals surface area contributed by atoms with Crippen LogP contribution >= 0.6 is 12.6 Å². The van der Waals surface area contributed by atoms with E-state index in [4.69, 9.17) is 0 Å². The molecule has 1 aromatic rings. The van der Waals surface area contributed by atoms with Crippen molar-refractivity contribution in [1.82, 2.24) is 4.98 Å². The van der Waals surface area contributed by atoms with Crippen LogP contribution in [0.5, 0.6) is 0 Å². The molecule has 1 rings (SSSR count). The number of nitrogens with one attached hydrogen (secondary N) is 1. The molecule has 2 heteroatoms. The van der Waals surface area contributed by atoms with Crippen LogP contribution in [0.1, 0.15) is 19.4 Å². The highest BCUT2D eigenvalue weighted by molar-refractivity contribution is 7.84. The van der Waals surface area contributed by atoms with E-state index in [0.29, 0.717) is 0 Å². The van der Waals surface area contributed by atoms with E-state index in [0.717, 1.165) is 4.91 Å². The molecule has 1 heterocycles. The number of hydrogen-bond donors (Lipinski definition) is 2. The summed E-state index contributed by atoms with van der Waals surface area (Å²) in [6.07, 6.45) is 3.88. The van der Waals surface area contributed by atoms with E-state index in [1.54, 1.807) is 0 Å². The van der Waals surface area contributed by atoms with Gasteiger partial charge in [0.2, 0.25) is 0 Å². The highest BCUT2D eigenvalue weighted by atomic mass is 32.1. The van der Waals surface area contributed by atoms with Crippen molar-refractivity contribution < 1.29 is 0 Å². The van der Waals surface area contributed by atoms with Gasteiger partial charge >= 0.3 is 0 Å². The van der Waals surface area contributed by atoms with Crippen molar-refractivity contribution in [3.63, 3.8) is 0 Å². The number of thiol groups is 1. The van der Waals surface area contributed by atoms with E-state index in [1.165, 1.54) is 11.1 Å². The second kappa shape index (κ2) is 2.97. The summed E-state index contributed by atoms with van der Waals surface area (Å²) in [6, 6.07) is 2.04. The molecule has 0 aliphatic heterocycles. The van der Waals surface area contributed by atoms with E-state index in [1.807, 2.05) is 25.4 Å². The fourth-order valence-electron chi connectivity index (χ4n) is 0.766. The predicted octanol–water partition coefficient (Wildman–Crippen LogP) is 2.70. The van der Waals surface area contributed by atoms with Crippen molar-refractivity contribution in [3.8, 4) is 0 Å². The summed E-state index contributed by atoms with van der Waals surface area (Å²) < 4.78 is 0. The first-order chi connectivity index (χ1) is 4.72.